The SMILES string of the molecule is Cc1cc(Cl)cc2c1O[C@H](C(F)(F)F)C(C(=O)OC(CO[N+](=O)O)CO[N+](=O)O)=C2. The zero-order valence-electron chi connectivity index (χ0n) is 15.0. The van der Waals surface area contributed by atoms with Crippen molar-refractivity contribution in [2.24, 2.45) is 0 Å². The lowest BCUT2D eigenvalue weighted by atomic mass is 9.99. The van der Waals surface area contributed by atoms with Gasteiger partial charge in [0.05, 0.1) is 5.57 Å². The van der Waals surface area contributed by atoms with Gasteiger partial charge in [-0.15, -0.1) is 0 Å². The second-order valence-corrected chi connectivity index (χ2v) is 6.31. The molecule has 0 radical (unpaired) electrons. The summed E-state index contributed by atoms with van der Waals surface area (Å²) in [4.78, 5) is 41.4. The Labute approximate surface area is 170 Å². The standard InChI is InChI=1S/C15H14ClF3N2O9/c1-7-2-9(16)3-8-4-11(13(15(17,18)19)30-12(7)8)14(22)29-10(5-27-20(23)24)6-28-21(25)26/h2-4,10,13H,5-6H2,1H3,(H,23,24)(H,25,26)/q+2/t13-/m0/s1. The van der Waals surface area contributed by atoms with Crippen molar-refractivity contribution >= 4 is 23.6 Å². The van der Waals surface area contributed by atoms with Crippen molar-refractivity contribution in [2.75, 3.05) is 13.2 Å². The van der Waals surface area contributed by atoms with Crippen LogP contribution in [0.5, 0.6) is 5.75 Å². The average molecular weight is 459 g/mol. The van der Waals surface area contributed by atoms with Gasteiger partial charge in [-0.1, -0.05) is 11.6 Å². The molecule has 0 fully saturated rings. The number of carbonyl (C=O) groups is 1. The molecule has 0 bridgehead atoms. The topological polar surface area (TPSA) is 135 Å². The fourth-order valence-corrected chi connectivity index (χ4v) is 2.77. The van der Waals surface area contributed by atoms with Crippen molar-refractivity contribution in [3.8, 4) is 5.75 Å². The first-order valence-corrected chi connectivity index (χ1v) is 8.30. The predicted molar refractivity (Wildman–Crippen MR) is 87.2 cm³/mol. The molecule has 2 rings (SSSR count). The minimum atomic E-state index is -5.01. The molecule has 0 aliphatic carbocycles. The molecule has 0 unspecified atom stereocenters. The summed E-state index contributed by atoms with van der Waals surface area (Å²) in [6.07, 6.45) is -8.51. The highest BCUT2D eigenvalue weighted by atomic mass is 35.5. The van der Waals surface area contributed by atoms with Crippen molar-refractivity contribution < 1.29 is 57.7 Å². The summed E-state index contributed by atoms with van der Waals surface area (Å²) in [6, 6.07) is 2.65. The van der Waals surface area contributed by atoms with E-state index in [2.05, 4.69) is 9.68 Å². The highest BCUT2D eigenvalue weighted by Gasteiger charge is 2.49. The molecule has 0 amide bonds. The van der Waals surface area contributed by atoms with Gasteiger partial charge in [-0.2, -0.15) is 22.8 Å². The van der Waals surface area contributed by atoms with Gasteiger partial charge >= 0.3 is 22.3 Å². The van der Waals surface area contributed by atoms with Gasteiger partial charge in [-0.25, -0.2) is 15.2 Å². The van der Waals surface area contributed by atoms with Crippen LogP contribution in [0.1, 0.15) is 11.1 Å². The zero-order chi connectivity index (χ0) is 22.6. The Morgan fingerprint density at radius 2 is 1.80 bits per heavy atom. The van der Waals surface area contributed by atoms with Crippen LogP contribution in [-0.4, -0.2) is 58.2 Å². The van der Waals surface area contributed by atoms with E-state index in [4.69, 9.17) is 31.5 Å². The van der Waals surface area contributed by atoms with Gasteiger partial charge in [0.25, 0.3) is 0 Å². The van der Waals surface area contributed by atoms with Gasteiger partial charge in [-0.05, 0) is 30.7 Å². The highest BCUT2D eigenvalue weighted by molar-refractivity contribution is 6.30. The number of nitrogens with zero attached hydrogens (tertiary/aromatic N) is 2. The molecule has 0 aromatic heterocycles. The molecule has 1 aliphatic heterocycles. The van der Waals surface area contributed by atoms with Crippen LogP contribution in [0, 0.1) is 16.7 Å². The molecule has 0 saturated carbocycles. The Kier molecular flexibility index (Phi) is 6.92. The lowest BCUT2D eigenvalue weighted by Crippen LogP contribution is -2.42. The van der Waals surface area contributed by atoms with Crippen molar-refractivity contribution in [3.63, 3.8) is 0 Å². The number of ether oxygens (including phenoxy) is 2. The molecule has 1 aliphatic rings. The number of aryl methyl sites for hydroxylation is 1. The Balaban J connectivity index is 2.34. The number of rotatable bonds is 8. The van der Waals surface area contributed by atoms with Crippen LogP contribution < -0.4 is 4.74 Å². The maximum Gasteiger partial charge on any atom is 0.475 e. The summed E-state index contributed by atoms with van der Waals surface area (Å²) in [5, 5.41) is 15.0. The molecule has 0 spiro atoms. The van der Waals surface area contributed by atoms with Crippen LogP contribution in [-0.2, 0) is 19.2 Å². The van der Waals surface area contributed by atoms with E-state index in [-0.39, 0.29) is 16.3 Å². The molecule has 15 heteroatoms. The van der Waals surface area contributed by atoms with E-state index >= 15 is 0 Å². The summed E-state index contributed by atoms with van der Waals surface area (Å²) in [5.74, 6) is -1.69. The zero-order valence-corrected chi connectivity index (χ0v) is 15.7. The third-order valence-electron chi connectivity index (χ3n) is 3.65. The maximum absolute atomic E-state index is 13.5. The van der Waals surface area contributed by atoms with Gasteiger partial charge in [0.2, 0.25) is 19.3 Å². The van der Waals surface area contributed by atoms with Crippen LogP contribution in [0.4, 0.5) is 13.2 Å². The van der Waals surface area contributed by atoms with E-state index < -0.39 is 53.3 Å². The number of fused-ring (bicyclic) bond motifs is 1. The Morgan fingerprint density at radius 3 is 2.30 bits per heavy atom. The fraction of sp³-hybridized carbons (Fsp3) is 0.400. The summed E-state index contributed by atoms with van der Waals surface area (Å²) in [5.41, 5.74) is -0.585. The second-order valence-electron chi connectivity index (χ2n) is 5.87. The Morgan fingerprint density at radius 1 is 1.23 bits per heavy atom. The first-order chi connectivity index (χ1) is 13.9. The summed E-state index contributed by atoms with van der Waals surface area (Å²) in [6.45, 7) is -0.384. The number of hydrogen-bond donors (Lipinski definition) is 2. The van der Waals surface area contributed by atoms with E-state index in [9.17, 15) is 27.8 Å². The second kappa shape index (κ2) is 9.02. The van der Waals surface area contributed by atoms with E-state index in [1.807, 2.05) is 0 Å². The summed E-state index contributed by atoms with van der Waals surface area (Å²) < 4.78 is 50.2. The minimum Gasteiger partial charge on any atom is -0.475 e. The molecule has 1 aromatic carbocycles. The van der Waals surface area contributed by atoms with Gasteiger partial charge in [0.15, 0.2) is 6.10 Å². The molecular weight excluding hydrogens is 445 g/mol. The first-order valence-electron chi connectivity index (χ1n) is 7.92. The van der Waals surface area contributed by atoms with Crippen molar-refractivity contribution in [1.29, 1.82) is 0 Å². The highest BCUT2D eigenvalue weighted by Crippen LogP contribution is 2.40. The molecule has 1 atom stereocenters. The van der Waals surface area contributed by atoms with Crippen LogP contribution in [0.25, 0.3) is 6.08 Å². The largest absolute Gasteiger partial charge is 0.475 e. The van der Waals surface area contributed by atoms with Gasteiger partial charge in [0, 0.05) is 10.6 Å². The minimum absolute atomic E-state index is 0.0821. The number of halogens is 4. The van der Waals surface area contributed by atoms with E-state index in [0.717, 1.165) is 6.08 Å². The normalized spacial score (nSPS) is 15.5. The number of alkyl halides is 3. The fourth-order valence-electron chi connectivity index (χ4n) is 2.49. The molecule has 0 saturated heterocycles. The smallest absolute Gasteiger partial charge is 0.475 e. The van der Waals surface area contributed by atoms with E-state index in [1.54, 1.807) is 0 Å². The van der Waals surface area contributed by atoms with Crippen molar-refractivity contribution in [3.05, 3.63) is 43.7 Å². The summed E-state index contributed by atoms with van der Waals surface area (Å²) >= 11 is 5.89. The molecule has 2 N–H and O–H groups in total. The van der Waals surface area contributed by atoms with Gasteiger partial charge in [-0.3, -0.25) is 0 Å². The molecule has 1 heterocycles. The van der Waals surface area contributed by atoms with E-state index in [1.165, 1.54) is 19.1 Å². The summed E-state index contributed by atoms with van der Waals surface area (Å²) in [7, 11) is 0. The van der Waals surface area contributed by atoms with Crippen LogP contribution in [0.2, 0.25) is 5.02 Å². The van der Waals surface area contributed by atoms with Crippen LogP contribution in [0.15, 0.2) is 17.7 Å². The Hall–Kier alpha value is -3.29. The molecule has 30 heavy (non-hydrogen) atoms. The van der Waals surface area contributed by atoms with E-state index in [0.29, 0.717) is 5.56 Å². The molecule has 1 aromatic rings. The van der Waals surface area contributed by atoms with Crippen LogP contribution >= 0.6 is 11.6 Å². The van der Waals surface area contributed by atoms with Crippen molar-refractivity contribution in [1.82, 2.24) is 0 Å². The van der Waals surface area contributed by atoms with Crippen LogP contribution in [0.3, 0.4) is 0 Å². The number of carbonyl (C=O) groups excluding carboxylic acids is 1. The number of benzene rings is 1. The molecule has 164 valence electrons. The Bertz CT molecular complexity index is 873. The quantitative estimate of drug-likeness (QED) is 0.445. The third kappa shape index (κ3) is 5.85. The molecule has 11 nitrogen and oxygen atoms in total. The maximum atomic E-state index is 13.5. The molecular formula is C15H14ClF3N2O9+2. The van der Waals surface area contributed by atoms with Gasteiger partial charge < -0.3 is 9.47 Å². The average Bonchev–Trinajstić information content (AvgIpc) is 2.61. The predicted octanol–water partition coefficient (Wildman–Crippen LogP) is 2.47. The number of esters is 1. The first kappa shape index (κ1) is 23.0. The third-order valence-corrected chi connectivity index (χ3v) is 3.86. The van der Waals surface area contributed by atoms with Gasteiger partial charge in [0.1, 0.15) is 15.6 Å². The number of hydrogen-bond acceptors (Lipinski definition) is 7. The van der Waals surface area contributed by atoms with Crippen molar-refractivity contribution in [2.45, 2.75) is 25.3 Å². The monoisotopic (exact) mass is 458 g/mol. The lowest BCUT2D eigenvalue weighted by Gasteiger charge is -2.29. The lowest BCUT2D eigenvalue weighted by molar-refractivity contribution is -0.981.